The van der Waals surface area contributed by atoms with Crippen molar-refractivity contribution in [3.63, 3.8) is 0 Å². The summed E-state index contributed by atoms with van der Waals surface area (Å²) < 4.78 is 5.11. The van der Waals surface area contributed by atoms with Crippen molar-refractivity contribution in [3.05, 3.63) is 35.9 Å². The zero-order chi connectivity index (χ0) is 19.9. The fourth-order valence-electron chi connectivity index (χ4n) is 2.77. The molecule has 1 aliphatic heterocycles. The fourth-order valence-corrected chi connectivity index (χ4v) is 3.51. The summed E-state index contributed by atoms with van der Waals surface area (Å²) in [6, 6.07) is 3.63. The SMILES string of the molecule is Cc1cc(C)nc(SCC(=O)OCC(=O)N2CCN(c3ncccn3)CC2)n1. The van der Waals surface area contributed by atoms with Crippen molar-refractivity contribution in [2.24, 2.45) is 0 Å². The first-order valence-corrected chi connectivity index (χ1v) is 9.90. The minimum Gasteiger partial charge on any atom is -0.455 e. The Morgan fingerprint density at radius 1 is 1.07 bits per heavy atom. The molecule has 28 heavy (non-hydrogen) atoms. The molecule has 1 aliphatic rings. The molecule has 1 saturated heterocycles. The molecule has 3 heterocycles. The van der Waals surface area contributed by atoms with Crippen LogP contribution in [0.15, 0.2) is 29.7 Å². The van der Waals surface area contributed by atoms with Gasteiger partial charge in [0.05, 0.1) is 5.75 Å². The van der Waals surface area contributed by atoms with Gasteiger partial charge in [0.15, 0.2) is 11.8 Å². The quantitative estimate of drug-likeness (QED) is 0.396. The Bertz CT molecular complexity index is 807. The third-order valence-corrected chi connectivity index (χ3v) is 4.93. The van der Waals surface area contributed by atoms with Crippen molar-refractivity contribution in [3.8, 4) is 0 Å². The zero-order valence-corrected chi connectivity index (χ0v) is 16.7. The van der Waals surface area contributed by atoms with E-state index in [-0.39, 0.29) is 18.3 Å². The Hall–Kier alpha value is -2.75. The number of thioether (sulfide) groups is 1. The van der Waals surface area contributed by atoms with Gasteiger partial charge in [-0.05, 0) is 26.0 Å². The van der Waals surface area contributed by atoms with Gasteiger partial charge in [0, 0.05) is 50.0 Å². The minimum atomic E-state index is -0.461. The lowest BCUT2D eigenvalue weighted by Gasteiger charge is -2.34. The van der Waals surface area contributed by atoms with E-state index in [1.807, 2.05) is 24.8 Å². The highest BCUT2D eigenvalue weighted by Crippen LogP contribution is 2.14. The smallest absolute Gasteiger partial charge is 0.316 e. The third-order valence-electron chi connectivity index (χ3n) is 4.10. The number of aromatic nitrogens is 4. The molecule has 0 spiro atoms. The average molecular weight is 402 g/mol. The fraction of sp³-hybridized carbons (Fsp3) is 0.444. The van der Waals surface area contributed by atoms with Crippen LogP contribution in [0.2, 0.25) is 0 Å². The number of hydrogen-bond donors (Lipinski definition) is 0. The molecule has 0 N–H and O–H groups in total. The summed E-state index contributed by atoms with van der Waals surface area (Å²) in [4.78, 5) is 44.9. The summed E-state index contributed by atoms with van der Waals surface area (Å²) in [5, 5.41) is 0.528. The van der Waals surface area contributed by atoms with E-state index in [9.17, 15) is 9.59 Å². The molecule has 9 nitrogen and oxygen atoms in total. The largest absolute Gasteiger partial charge is 0.455 e. The maximum Gasteiger partial charge on any atom is 0.316 e. The number of aryl methyl sites for hydroxylation is 2. The number of carbonyl (C=O) groups excluding carboxylic acids is 2. The molecule has 3 rings (SSSR count). The number of ether oxygens (including phenoxy) is 1. The molecule has 0 aliphatic carbocycles. The number of anilines is 1. The van der Waals surface area contributed by atoms with Crippen LogP contribution in [0.3, 0.4) is 0 Å². The number of piperazine rings is 1. The highest BCUT2D eigenvalue weighted by molar-refractivity contribution is 7.99. The molecule has 148 valence electrons. The van der Waals surface area contributed by atoms with E-state index in [4.69, 9.17) is 4.74 Å². The molecule has 0 saturated carbocycles. The maximum absolute atomic E-state index is 12.3. The second-order valence-electron chi connectivity index (χ2n) is 6.30. The van der Waals surface area contributed by atoms with E-state index in [0.29, 0.717) is 37.3 Å². The van der Waals surface area contributed by atoms with Crippen LogP contribution in [0.5, 0.6) is 0 Å². The standard InChI is InChI=1S/C18H22N6O3S/c1-13-10-14(2)22-18(21-13)28-12-16(26)27-11-15(25)23-6-8-24(9-7-23)17-19-4-3-5-20-17/h3-5,10H,6-9,11-12H2,1-2H3. The number of rotatable bonds is 6. The summed E-state index contributed by atoms with van der Waals surface area (Å²) in [5.41, 5.74) is 1.69. The Balaban J connectivity index is 1.39. The molecule has 1 amide bonds. The van der Waals surface area contributed by atoms with Crippen molar-refractivity contribution < 1.29 is 14.3 Å². The van der Waals surface area contributed by atoms with Crippen LogP contribution >= 0.6 is 11.8 Å². The second-order valence-corrected chi connectivity index (χ2v) is 7.24. The predicted molar refractivity (Wildman–Crippen MR) is 104 cm³/mol. The molecule has 0 bridgehead atoms. The lowest BCUT2D eigenvalue weighted by molar-refractivity contribution is -0.150. The lowest BCUT2D eigenvalue weighted by atomic mass is 10.3. The molecule has 0 atom stereocenters. The number of amides is 1. The maximum atomic E-state index is 12.3. The molecule has 0 unspecified atom stereocenters. The summed E-state index contributed by atoms with van der Waals surface area (Å²) in [5.74, 6) is 0.0636. The Morgan fingerprint density at radius 3 is 2.36 bits per heavy atom. The van der Waals surface area contributed by atoms with Crippen LogP contribution < -0.4 is 4.90 Å². The topological polar surface area (TPSA) is 101 Å². The Kier molecular flexibility index (Phi) is 6.75. The van der Waals surface area contributed by atoms with Crippen LogP contribution in [-0.4, -0.2) is 75.3 Å². The first-order valence-electron chi connectivity index (χ1n) is 8.92. The van der Waals surface area contributed by atoms with Gasteiger partial charge in [-0.15, -0.1) is 0 Å². The van der Waals surface area contributed by atoms with E-state index in [2.05, 4.69) is 19.9 Å². The molecule has 0 radical (unpaired) electrons. The van der Waals surface area contributed by atoms with Crippen molar-refractivity contribution >= 4 is 29.6 Å². The normalized spacial score (nSPS) is 14.1. The number of esters is 1. The number of hydrogen-bond acceptors (Lipinski definition) is 9. The molecule has 10 heteroatoms. The average Bonchev–Trinajstić information content (AvgIpc) is 2.70. The van der Waals surface area contributed by atoms with Crippen LogP contribution in [0.25, 0.3) is 0 Å². The molecule has 2 aromatic heterocycles. The van der Waals surface area contributed by atoms with Gasteiger partial charge in [-0.2, -0.15) is 0 Å². The van der Waals surface area contributed by atoms with E-state index in [0.717, 1.165) is 11.4 Å². The second kappa shape index (κ2) is 9.45. The summed E-state index contributed by atoms with van der Waals surface area (Å²) in [6.07, 6.45) is 3.39. The monoisotopic (exact) mass is 402 g/mol. The molecule has 2 aromatic rings. The van der Waals surface area contributed by atoms with Crippen molar-refractivity contribution in [2.45, 2.75) is 19.0 Å². The van der Waals surface area contributed by atoms with Crippen molar-refractivity contribution in [1.82, 2.24) is 24.8 Å². The molecular formula is C18H22N6O3S. The van der Waals surface area contributed by atoms with Gasteiger partial charge in [-0.1, -0.05) is 11.8 Å². The van der Waals surface area contributed by atoms with Gasteiger partial charge in [0.25, 0.3) is 5.91 Å². The van der Waals surface area contributed by atoms with Crippen LogP contribution in [0, 0.1) is 13.8 Å². The Labute approximate surface area is 167 Å². The van der Waals surface area contributed by atoms with Gasteiger partial charge >= 0.3 is 5.97 Å². The first-order chi connectivity index (χ1) is 13.5. The summed E-state index contributed by atoms with van der Waals surface area (Å²) in [6.45, 7) is 5.86. The summed E-state index contributed by atoms with van der Waals surface area (Å²) >= 11 is 1.20. The molecular weight excluding hydrogens is 380 g/mol. The highest BCUT2D eigenvalue weighted by Gasteiger charge is 2.23. The number of carbonyl (C=O) groups is 2. The highest BCUT2D eigenvalue weighted by atomic mass is 32.2. The molecule has 0 aromatic carbocycles. The summed E-state index contributed by atoms with van der Waals surface area (Å²) in [7, 11) is 0. The third kappa shape index (κ3) is 5.62. The minimum absolute atomic E-state index is 0.0648. The van der Waals surface area contributed by atoms with Gasteiger partial charge in [-0.3, -0.25) is 9.59 Å². The van der Waals surface area contributed by atoms with Crippen LogP contribution in [0.4, 0.5) is 5.95 Å². The van der Waals surface area contributed by atoms with Gasteiger partial charge in [0.1, 0.15) is 0 Å². The number of nitrogens with zero attached hydrogens (tertiary/aromatic N) is 6. The Morgan fingerprint density at radius 2 is 1.71 bits per heavy atom. The lowest BCUT2D eigenvalue weighted by Crippen LogP contribution is -2.50. The van der Waals surface area contributed by atoms with E-state index >= 15 is 0 Å². The van der Waals surface area contributed by atoms with Crippen LogP contribution in [-0.2, 0) is 14.3 Å². The van der Waals surface area contributed by atoms with Crippen molar-refractivity contribution in [2.75, 3.05) is 43.4 Å². The zero-order valence-electron chi connectivity index (χ0n) is 15.9. The van der Waals surface area contributed by atoms with Gasteiger partial charge in [0.2, 0.25) is 5.95 Å². The van der Waals surface area contributed by atoms with E-state index in [1.54, 1.807) is 23.4 Å². The van der Waals surface area contributed by atoms with E-state index in [1.165, 1.54) is 11.8 Å². The molecule has 1 fully saturated rings. The van der Waals surface area contributed by atoms with Gasteiger partial charge < -0.3 is 14.5 Å². The first kappa shape index (κ1) is 20.0. The van der Waals surface area contributed by atoms with E-state index < -0.39 is 5.97 Å². The van der Waals surface area contributed by atoms with Crippen molar-refractivity contribution in [1.29, 1.82) is 0 Å². The van der Waals surface area contributed by atoms with Crippen LogP contribution in [0.1, 0.15) is 11.4 Å². The predicted octanol–water partition coefficient (Wildman–Crippen LogP) is 0.868. The van der Waals surface area contributed by atoms with Gasteiger partial charge in [-0.25, -0.2) is 19.9 Å².